The van der Waals surface area contributed by atoms with E-state index < -0.39 is 124 Å². The molecular weight excluding hydrogens is 1010 g/mol. The van der Waals surface area contributed by atoms with E-state index in [0.29, 0.717) is 19.3 Å². The highest BCUT2D eigenvalue weighted by Gasteiger charge is 2.53. The fourth-order valence-electron chi connectivity index (χ4n) is 11.0. The van der Waals surface area contributed by atoms with Gasteiger partial charge >= 0.3 is 0 Å². The molecule has 17 unspecified atom stereocenters. The lowest BCUT2D eigenvalue weighted by Crippen LogP contribution is -2.66. The molecular formula is C59H113NO18. The van der Waals surface area contributed by atoms with E-state index in [9.17, 15) is 61.0 Å². The highest BCUT2D eigenvalue weighted by atomic mass is 16.8. The van der Waals surface area contributed by atoms with Crippen molar-refractivity contribution >= 4 is 5.91 Å². The van der Waals surface area contributed by atoms with Crippen molar-refractivity contribution in [1.82, 2.24) is 5.32 Å². The number of rotatable bonds is 47. The first-order valence-corrected chi connectivity index (χ1v) is 31.3. The first kappa shape index (κ1) is 71.1. The van der Waals surface area contributed by atoms with Crippen molar-refractivity contribution < 1.29 is 89.4 Å². The van der Waals surface area contributed by atoms with Crippen molar-refractivity contribution in [3.63, 3.8) is 0 Å². The normalized spacial score (nSPS) is 30.4. The Bertz CT molecular complexity index is 1440. The van der Waals surface area contributed by atoms with Gasteiger partial charge in [-0.05, 0) is 12.8 Å². The second kappa shape index (κ2) is 43.4. The summed E-state index contributed by atoms with van der Waals surface area (Å²) in [4.78, 5) is 13.2. The van der Waals surface area contributed by atoms with Gasteiger partial charge in [0, 0.05) is 6.42 Å². The summed E-state index contributed by atoms with van der Waals surface area (Å²) >= 11 is 0. The summed E-state index contributed by atoms with van der Waals surface area (Å²) in [6.07, 6.45) is 16.4. The highest BCUT2D eigenvalue weighted by molar-refractivity contribution is 5.76. The predicted octanol–water partition coefficient (Wildman–Crippen LogP) is 5.99. The highest BCUT2D eigenvalue weighted by Crippen LogP contribution is 2.33. The molecule has 0 aromatic rings. The van der Waals surface area contributed by atoms with E-state index in [1.165, 1.54) is 167 Å². The molecule has 0 aliphatic carbocycles. The summed E-state index contributed by atoms with van der Waals surface area (Å²) in [7, 11) is 0. The molecule has 0 radical (unpaired) electrons. The Labute approximate surface area is 468 Å². The van der Waals surface area contributed by atoms with Gasteiger partial charge in [0.1, 0.15) is 73.2 Å². The van der Waals surface area contributed by atoms with Crippen LogP contribution >= 0.6 is 0 Å². The Morgan fingerprint density at radius 1 is 0.410 bits per heavy atom. The molecule has 3 heterocycles. The summed E-state index contributed by atoms with van der Waals surface area (Å²) in [5, 5.41) is 119. The first-order valence-electron chi connectivity index (χ1n) is 31.3. The predicted molar refractivity (Wildman–Crippen MR) is 296 cm³/mol. The Kier molecular flexibility index (Phi) is 39.6. The molecule has 17 atom stereocenters. The minimum Gasteiger partial charge on any atom is -0.394 e. The molecule has 3 fully saturated rings. The van der Waals surface area contributed by atoms with Crippen molar-refractivity contribution in [2.24, 2.45) is 0 Å². The van der Waals surface area contributed by atoms with Crippen LogP contribution in [0.5, 0.6) is 0 Å². The van der Waals surface area contributed by atoms with Gasteiger partial charge in [-0.3, -0.25) is 4.79 Å². The third kappa shape index (κ3) is 27.0. The molecule has 78 heavy (non-hydrogen) atoms. The maximum absolute atomic E-state index is 13.2. The van der Waals surface area contributed by atoms with Gasteiger partial charge in [-0.15, -0.1) is 0 Å². The molecule has 1 amide bonds. The third-order valence-electron chi connectivity index (χ3n) is 16.2. The Morgan fingerprint density at radius 3 is 1.12 bits per heavy atom. The summed E-state index contributed by atoms with van der Waals surface area (Å²) in [6.45, 7) is 1.62. The SMILES string of the molecule is CCCCCCCCCCCCCCCCCCCCCCCCCCCCCCCCC(=O)NC(COC1OC(CO)C(OC2OC(CO)C(OC3OC(CO)C(O)C(O)C3O)C(O)C2O)C(O)C1O)C(O)CCCCC. The zero-order valence-corrected chi connectivity index (χ0v) is 48.2. The van der Waals surface area contributed by atoms with Crippen molar-refractivity contribution in [2.45, 2.75) is 343 Å². The molecule has 19 heteroatoms. The Hall–Kier alpha value is -1.21. The number of unbranched alkanes of at least 4 members (excludes halogenated alkanes) is 31. The van der Waals surface area contributed by atoms with E-state index in [1.807, 2.05) is 6.92 Å². The molecule has 3 rings (SSSR count). The Morgan fingerprint density at radius 2 is 0.731 bits per heavy atom. The van der Waals surface area contributed by atoms with Crippen LogP contribution in [0, 0.1) is 0 Å². The van der Waals surface area contributed by atoms with Crippen LogP contribution in [0.15, 0.2) is 0 Å². The largest absolute Gasteiger partial charge is 0.394 e. The molecule has 0 saturated carbocycles. The summed E-state index contributed by atoms with van der Waals surface area (Å²) in [5.41, 5.74) is 0. The minimum atomic E-state index is -1.97. The molecule has 3 aliphatic heterocycles. The van der Waals surface area contributed by atoms with Crippen molar-refractivity contribution in [3.05, 3.63) is 0 Å². The Balaban J connectivity index is 1.27. The average Bonchev–Trinajstić information content (AvgIpc) is 3.45. The molecule has 3 saturated heterocycles. The number of amides is 1. The lowest BCUT2D eigenvalue weighted by atomic mass is 9.96. The topological polar surface area (TPSA) is 307 Å². The smallest absolute Gasteiger partial charge is 0.220 e. The number of hydrogen-bond donors (Lipinski definition) is 12. The van der Waals surface area contributed by atoms with Gasteiger partial charge in [0.15, 0.2) is 18.9 Å². The van der Waals surface area contributed by atoms with Gasteiger partial charge in [0.2, 0.25) is 5.91 Å². The van der Waals surface area contributed by atoms with E-state index in [0.717, 1.165) is 32.1 Å². The van der Waals surface area contributed by atoms with Gasteiger partial charge < -0.3 is 89.9 Å². The number of carbonyl (C=O) groups is 1. The fraction of sp³-hybridized carbons (Fsp3) is 0.983. The zero-order chi connectivity index (χ0) is 56.9. The lowest BCUT2D eigenvalue weighted by molar-refractivity contribution is -0.379. The molecule has 0 aromatic heterocycles. The van der Waals surface area contributed by atoms with Crippen molar-refractivity contribution in [1.29, 1.82) is 0 Å². The summed E-state index contributed by atoms with van der Waals surface area (Å²) < 4.78 is 34.0. The van der Waals surface area contributed by atoms with Crippen LogP contribution in [-0.2, 0) is 33.2 Å². The molecule has 0 spiro atoms. The summed E-state index contributed by atoms with van der Waals surface area (Å²) in [6, 6.07) is -0.877. The quantitative estimate of drug-likeness (QED) is 0.0312. The molecule has 12 N–H and O–H groups in total. The van der Waals surface area contributed by atoms with Crippen LogP contribution in [0.25, 0.3) is 0 Å². The van der Waals surface area contributed by atoms with Crippen LogP contribution in [0.1, 0.15) is 239 Å². The van der Waals surface area contributed by atoms with Gasteiger partial charge in [-0.25, -0.2) is 0 Å². The van der Waals surface area contributed by atoms with Crippen LogP contribution in [-0.4, -0.2) is 193 Å². The number of ether oxygens (including phenoxy) is 6. The van der Waals surface area contributed by atoms with E-state index in [2.05, 4.69) is 12.2 Å². The van der Waals surface area contributed by atoms with Crippen LogP contribution in [0.3, 0.4) is 0 Å². The van der Waals surface area contributed by atoms with Gasteiger partial charge in [0.25, 0.3) is 0 Å². The maximum Gasteiger partial charge on any atom is 0.220 e. The molecule has 19 nitrogen and oxygen atoms in total. The first-order chi connectivity index (χ1) is 37.8. The maximum atomic E-state index is 13.2. The number of aliphatic hydroxyl groups excluding tert-OH is 11. The van der Waals surface area contributed by atoms with Crippen LogP contribution < -0.4 is 5.32 Å². The van der Waals surface area contributed by atoms with E-state index in [4.69, 9.17) is 28.4 Å². The molecule has 0 bridgehead atoms. The van der Waals surface area contributed by atoms with E-state index in [-0.39, 0.29) is 18.9 Å². The third-order valence-corrected chi connectivity index (χ3v) is 16.2. The van der Waals surface area contributed by atoms with Crippen LogP contribution in [0.2, 0.25) is 0 Å². The number of aliphatic hydroxyl groups is 11. The average molecular weight is 1120 g/mol. The van der Waals surface area contributed by atoms with Gasteiger partial charge in [0.05, 0.1) is 38.6 Å². The monoisotopic (exact) mass is 1120 g/mol. The molecule has 462 valence electrons. The van der Waals surface area contributed by atoms with E-state index >= 15 is 0 Å². The number of hydrogen-bond acceptors (Lipinski definition) is 18. The van der Waals surface area contributed by atoms with Crippen molar-refractivity contribution in [2.75, 3.05) is 26.4 Å². The minimum absolute atomic E-state index is 0.250. The number of carbonyl (C=O) groups excluding carboxylic acids is 1. The second-order valence-electron chi connectivity index (χ2n) is 22.9. The summed E-state index contributed by atoms with van der Waals surface area (Å²) in [5.74, 6) is -0.250. The van der Waals surface area contributed by atoms with Crippen LogP contribution in [0.4, 0.5) is 0 Å². The fourth-order valence-corrected chi connectivity index (χ4v) is 11.0. The molecule has 0 aromatic carbocycles. The second-order valence-corrected chi connectivity index (χ2v) is 22.9. The van der Waals surface area contributed by atoms with E-state index in [1.54, 1.807) is 0 Å². The van der Waals surface area contributed by atoms with Gasteiger partial charge in [-0.2, -0.15) is 0 Å². The lowest BCUT2D eigenvalue weighted by Gasteiger charge is -2.48. The molecule has 3 aliphatic rings. The van der Waals surface area contributed by atoms with Gasteiger partial charge in [-0.1, -0.05) is 219 Å². The zero-order valence-electron chi connectivity index (χ0n) is 48.2. The van der Waals surface area contributed by atoms with Crippen molar-refractivity contribution in [3.8, 4) is 0 Å². The standard InChI is InChI=1S/C59H113NO18/c1-3-5-7-8-9-10-11-12-13-14-15-16-17-18-19-20-21-22-23-24-25-26-27-28-29-30-31-32-33-35-37-47(65)60-42(43(64)36-34-6-4-2)41-73-57-53(71)50(68)55(45(39-62)75-57)78-59-54(72)51(69)56(46(40-63)76-59)77-58-52(70)49(67)48(66)44(38-61)74-58/h42-46,48-59,61-64,66-72H,3-41H2,1-2H3,(H,60,65). The number of nitrogens with one attached hydrogen (secondary N) is 1.